The summed E-state index contributed by atoms with van der Waals surface area (Å²) >= 11 is 0. The maximum absolute atomic E-state index is 12.6. The zero-order valence-corrected chi connectivity index (χ0v) is 10.7. The summed E-state index contributed by atoms with van der Waals surface area (Å²) in [6, 6.07) is 5.82. The lowest BCUT2D eigenvalue weighted by atomic mass is 10.2. The van der Waals surface area contributed by atoms with Gasteiger partial charge in [-0.2, -0.15) is 0 Å². The average molecular weight is 275 g/mol. The Balaban J connectivity index is 1.65. The Bertz CT molecular complexity index is 534. The third kappa shape index (κ3) is 3.74. The van der Waals surface area contributed by atoms with Crippen molar-refractivity contribution >= 4 is 18.0 Å². The maximum atomic E-state index is 12.6. The van der Waals surface area contributed by atoms with Crippen LogP contribution in [0, 0.1) is 5.82 Å². The van der Waals surface area contributed by atoms with Crippen LogP contribution in [0.15, 0.2) is 41.6 Å². The summed E-state index contributed by atoms with van der Waals surface area (Å²) in [7, 11) is 0. The summed E-state index contributed by atoms with van der Waals surface area (Å²) < 4.78 is 12.6. The molecule has 2 rings (SSSR count). The van der Waals surface area contributed by atoms with Gasteiger partial charge in [-0.05, 0) is 17.7 Å². The second kappa shape index (κ2) is 6.60. The van der Waals surface area contributed by atoms with Crippen molar-refractivity contribution in [2.45, 2.75) is 6.42 Å². The van der Waals surface area contributed by atoms with Crippen LogP contribution in [0.4, 0.5) is 4.39 Å². The van der Waals surface area contributed by atoms with Crippen LogP contribution in [0.2, 0.25) is 0 Å². The van der Waals surface area contributed by atoms with Crippen molar-refractivity contribution in [2.24, 2.45) is 5.16 Å². The molecule has 1 aromatic carbocycles. The quantitative estimate of drug-likeness (QED) is 0.342. The topological polar surface area (TPSA) is 59.0 Å². The molecule has 0 spiro atoms. The number of rotatable bonds is 6. The Labute approximate surface area is 115 Å². The van der Waals surface area contributed by atoms with Crippen molar-refractivity contribution in [3.05, 3.63) is 47.8 Å². The van der Waals surface area contributed by atoms with Crippen LogP contribution in [0.25, 0.3) is 0 Å². The highest BCUT2D eigenvalue weighted by atomic mass is 18.2. The SMILES string of the molecule is O=C1C=CC(=O)N1CCCO/N=C/c1ccc([18F])cc1. The van der Waals surface area contributed by atoms with E-state index in [-0.39, 0.29) is 24.2 Å². The fourth-order valence-electron chi connectivity index (χ4n) is 1.64. The minimum absolute atomic E-state index is 0.286. The molecule has 0 N–H and O–H groups in total. The molecule has 104 valence electrons. The standard InChI is InChI=1S/C14H13FN2O3/c15-12-4-2-11(3-5-12)10-16-20-9-1-8-17-13(18)6-7-14(17)19/h2-7,10H,1,8-9H2/b16-10+/i15-1. The molecule has 0 saturated heterocycles. The molecule has 0 unspecified atom stereocenters. The summed E-state index contributed by atoms with van der Waals surface area (Å²) in [6.45, 7) is 0.589. The molecule has 0 bridgehead atoms. The molecule has 6 heteroatoms. The minimum Gasteiger partial charge on any atom is -0.396 e. The molecule has 20 heavy (non-hydrogen) atoms. The predicted octanol–water partition coefficient (Wildman–Crippen LogP) is 1.49. The van der Waals surface area contributed by atoms with Gasteiger partial charge in [-0.1, -0.05) is 17.3 Å². The van der Waals surface area contributed by atoms with E-state index in [2.05, 4.69) is 5.16 Å². The van der Waals surface area contributed by atoms with Crippen molar-refractivity contribution in [3.8, 4) is 0 Å². The molecule has 0 aliphatic carbocycles. The fourth-order valence-corrected chi connectivity index (χ4v) is 1.64. The molecule has 2 amide bonds. The van der Waals surface area contributed by atoms with Gasteiger partial charge in [-0.25, -0.2) is 4.39 Å². The zero-order chi connectivity index (χ0) is 14.4. The number of amides is 2. The normalized spacial score (nSPS) is 14.6. The molecule has 0 saturated carbocycles. The van der Waals surface area contributed by atoms with Crippen LogP contribution in [0.3, 0.4) is 0 Å². The number of hydrogen-bond donors (Lipinski definition) is 0. The van der Waals surface area contributed by atoms with Crippen LogP contribution in [0.5, 0.6) is 0 Å². The van der Waals surface area contributed by atoms with Crippen LogP contribution in [0.1, 0.15) is 12.0 Å². The smallest absolute Gasteiger partial charge is 0.253 e. The number of benzene rings is 1. The van der Waals surface area contributed by atoms with E-state index in [1.165, 1.54) is 30.5 Å². The Morgan fingerprint density at radius 1 is 1.15 bits per heavy atom. The highest BCUT2D eigenvalue weighted by Gasteiger charge is 2.22. The first kappa shape index (κ1) is 13.9. The van der Waals surface area contributed by atoms with Crippen LogP contribution in [-0.2, 0) is 14.4 Å². The van der Waals surface area contributed by atoms with Gasteiger partial charge in [-0.3, -0.25) is 14.5 Å². The second-order valence-electron chi connectivity index (χ2n) is 4.13. The molecule has 1 aromatic rings. The van der Waals surface area contributed by atoms with E-state index in [4.69, 9.17) is 4.84 Å². The first-order valence-electron chi connectivity index (χ1n) is 6.11. The lowest BCUT2D eigenvalue weighted by molar-refractivity contribution is -0.136. The van der Waals surface area contributed by atoms with E-state index in [9.17, 15) is 14.0 Å². The molecular weight excluding hydrogens is 262 g/mol. The van der Waals surface area contributed by atoms with Crippen LogP contribution in [-0.4, -0.2) is 36.1 Å². The van der Waals surface area contributed by atoms with Gasteiger partial charge < -0.3 is 4.84 Å². The minimum atomic E-state index is -0.309. The third-order valence-corrected chi connectivity index (χ3v) is 2.66. The summed E-state index contributed by atoms with van der Waals surface area (Å²) in [5.74, 6) is -0.911. The monoisotopic (exact) mass is 275 g/mol. The lowest BCUT2D eigenvalue weighted by Crippen LogP contribution is -2.31. The van der Waals surface area contributed by atoms with Crippen molar-refractivity contribution < 1.29 is 18.8 Å². The van der Waals surface area contributed by atoms with Gasteiger partial charge >= 0.3 is 0 Å². The molecule has 0 atom stereocenters. The number of hydrogen-bond acceptors (Lipinski definition) is 4. The van der Waals surface area contributed by atoms with Crippen molar-refractivity contribution in [3.63, 3.8) is 0 Å². The van der Waals surface area contributed by atoms with Crippen molar-refractivity contribution in [2.75, 3.05) is 13.2 Å². The number of oxime groups is 1. The van der Waals surface area contributed by atoms with E-state index in [1.54, 1.807) is 12.1 Å². The second-order valence-corrected chi connectivity index (χ2v) is 4.13. The molecule has 0 aromatic heterocycles. The number of halogens is 1. The van der Waals surface area contributed by atoms with Crippen LogP contribution < -0.4 is 0 Å². The molecule has 1 heterocycles. The van der Waals surface area contributed by atoms with E-state index in [0.29, 0.717) is 13.0 Å². The molecule has 5 nitrogen and oxygen atoms in total. The zero-order valence-electron chi connectivity index (χ0n) is 10.7. The van der Waals surface area contributed by atoms with Gasteiger partial charge in [0, 0.05) is 25.1 Å². The molecule has 1 aliphatic rings. The van der Waals surface area contributed by atoms with Gasteiger partial charge in [0.1, 0.15) is 12.4 Å². The van der Waals surface area contributed by atoms with Gasteiger partial charge in [-0.15, -0.1) is 0 Å². The van der Waals surface area contributed by atoms with Gasteiger partial charge in [0.05, 0.1) is 6.21 Å². The number of carbonyl (C=O) groups is 2. The first-order chi connectivity index (χ1) is 9.66. The summed E-state index contributed by atoms with van der Waals surface area (Å²) in [5, 5.41) is 3.72. The number of imide groups is 1. The van der Waals surface area contributed by atoms with Gasteiger partial charge in [0.15, 0.2) is 0 Å². The Hall–Kier alpha value is -2.50. The number of nitrogens with zero attached hydrogens (tertiary/aromatic N) is 2. The van der Waals surface area contributed by atoms with E-state index >= 15 is 0 Å². The lowest BCUT2D eigenvalue weighted by Gasteiger charge is -2.12. The van der Waals surface area contributed by atoms with Crippen molar-refractivity contribution in [1.29, 1.82) is 0 Å². The highest BCUT2D eigenvalue weighted by Crippen LogP contribution is 2.04. The summed E-state index contributed by atoms with van der Waals surface area (Å²) in [6.07, 6.45) is 4.46. The molecule has 0 radical (unpaired) electrons. The van der Waals surface area contributed by atoms with E-state index < -0.39 is 0 Å². The van der Waals surface area contributed by atoms with Crippen LogP contribution >= 0.6 is 0 Å². The Morgan fingerprint density at radius 3 is 2.45 bits per heavy atom. The van der Waals surface area contributed by atoms with Gasteiger partial charge in [0.25, 0.3) is 11.8 Å². The van der Waals surface area contributed by atoms with E-state index in [1.807, 2.05) is 0 Å². The fraction of sp³-hybridized carbons (Fsp3) is 0.214. The average Bonchev–Trinajstić information content (AvgIpc) is 2.76. The maximum Gasteiger partial charge on any atom is 0.253 e. The molecular formula is C14H13FN2O3. The summed E-state index contributed by atoms with van der Waals surface area (Å²) in [4.78, 5) is 28.6. The predicted molar refractivity (Wildman–Crippen MR) is 70.4 cm³/mol. The first-order valence-corrected chi connectivity index (χ1v) is 6.11. The highest BCUT2D eigenvalue weighted by molar-refractivity contribution is 6.12. The third-order valence-electron chi connectivity index (χ3n) is 2.66. The number of carbonyl (C=O) groups excluding carboxylic acids is 2. The Morgan fingerprint density at radius 2 is 1.80 bits per heavy atom. The van der Waals surface area contributed by atoms with Gasteiger partial charge in [0.2, 0.25) is 0 Å². The Kier molecular flexibility index (Phi) is 4.60. The summed E-state index contributed by atoms with van der Waals surface area (Å²) in [5.41, 5.74) is 0.723. The molecule has 1 aliphatic heterocycles. The molecule has 0 fully saturated rings. The van der Waals surface area contributed by atoms with Crippen molar-refractivity contribution in [1.82, 2.24) is 4.90 Å². The largest absolute Gasteiger partial charge is 0.396 e. The van der Waals surface area contributed by atoms with E-state index in [0.717, 1.165) is 10.5 Å².